The molecule has 0 saturated heterocycles. The van der Waals surface area contributed by atoms with Gasteiger partial charge in [0.05, 0.1) is 12.2 Å². The number of benzene rings is 2. The second kappa shape index (κ2) is 9.74. The average molecular weight is 467 g/mol. The number of aromatic nitrogens is 1. The summed E-state index contributed by atoms with van der Waals surface area (Å²) in [4.78, 5) is 5.06. The van der Waals surface area contributed by atoms with Crippen LogP contribution in [0.3, 0.4) is 0 Å². The maximum absolute atomic E-state index is 12.9. The summed E-state index contributed by atoms with van der Waals surface area (Å²) in [6.45, 7) is -0.235. The fourth-order valence-corrected chi connectivity index (χ4v) is 5.12. The first-order valence-corrected chi connectivity index (χ1v) is 12.2. The molecule has 3 aromatic rings. The van der Waals surface area contributed by atoms with Gasteiger partial charge in [0.2, 0.25) is 10.0 Å². The minimum atomic E-state index is -4.84. The molecule has 0 aliphatic heterocycles. The number of thioether (sulfide) groups is 1. The van der Waals surface area contributed by atoms with E-state index in [0.29, 0.717) is 12.0 Å². The van der Waals surface area contributed by atoms with Gasteiger partial charge >= 0.3 is 6.18 Å². The van der Waals surface area contributed by atoms with Crippen molar-refractivity contribution in [2.24, 2.45) is 0 Å². The molecule has 0 fully saturated rings. The first-order chi connectivity index (χ1) is 14.7. The summed E-state index contributed by atoms with van der Waals surface area (Å²) in [5.41, 5.74) is 2.72. The molecule has 0 radical (unpaired) electrons. The fourth-order valence-electron chi connectivity index (χ4n) is 3.14. The summed E-state index contributed by atoms with van der Waals surface area (Å²) in [6.07, 6.45) is 0.732. The second-order valence-corrected chi connectivity index (χ2v) is 9.64. The molecule has 1 aromatic heterocycles. The molecule has 0 aliphatic rings. The van der Waals surface area contributed by atoms with Gasteiger partial charge in [-0.15, -0.1) is 11.8 Å². The maximum atomic E-state index is 12.9. The molecule has 0 bridgehead atoms. The van der Waals surface area contributed by atoms with Crippen molar-refractivity contribution in [2.75, 3.05) is 16.3 Å². The van der Waals surface area contributed by atoms with Crippen molar-refractivity contribution in [1.82, 2.24) is 4.98 Å². The number of hydrogen-bond acceptors (Lipinski definition) is 4. The number of sulfonamides is 1. The molecule has 0 unspecified atom stereocenters. The smallest absolute Gasteiger partial charge is 0.265 e. The van der Waals surface area contributed by atoms with Crippen molar-refractivity contribution in [3.8, 4) is 0 Å². The van der Waals surface area contributed by atoms with Gasteiger partial charge in [0.25, 0.3) is 0 Å². The van der Waals surface area contributed by atoms with Crippen molar-refractivity contribution in [3.05, 3.63) is 89.7 Å². The van der Waals surface area contributed by atoms with E-state index in [-0.39, 0.29) is 12.2 Å². The molecule has 1 heterocycles. The second-order valence-electron chi connectivity index (χ2n) is 6.89. The molecule has 4 nitrogen and oxygen atoms in total. The molecule has 0 saturated carbocycles. The lowest BCUT2D eigenvalue weighted by Gasteiger charge is -2.25. The van der Waals surface area contributed by atoms with Crippen LogP contribution in [-0.2, 0) is 23.0 Å². The van der Waals surface area contributed by atoms with Crippen LogP contribution in [0.5, 0.6) is 0 Å². The monoisotopic (exact) mass is 466 g/mol. The summed E-state index contributed by atoms with van der Waals surface area (Å²) < 4.78 is 64.7. The topological polar surface area (TPSA) is 50.3 Å². The molecule has 0 atom stereocenters. The zero-order valence-corrected chi connectivity index (χ0v) is 18.3. The van der Waals surface area contributed by atoms with Gasteiger partial charge in [0.1, 0.15) is 0 Å². The third kappa shape index (κ3) is 6.48. The third-order valence-corrected chi connectivity index (χ3v) is 7.08. The fraction of sp³-hybridized carbons (Fsp3) is 0.227. The minimum absolute atomic E-state index is 0.176. The highest BCUT2D eigenvalue weighted by Crippen LogP contribution is 2.28. The third-order valence-electron chi connectivity index (χ3n) is 4.54. The SMILES string of the molecule is CSc1ccccc1Cc1ccc(N(Cc2cccnc2)S(=O)(=O)CC(F)(F)F)cc1. The molecule has 9 heteroatoms. The summed E-state index contributed by atoms with van der Waals surface area (Å²) in [5, 5.41) is 0. The van der Waals surface area contributed by atoms with Crippen molar-refractivity contribution in [1.29, 1.82) is 0 Å². The van der Waals surface area contributed by atoms with Crippen LogP contribution in [0.1, 0.15) is 16.7 Å². The van der Waals surface area contributed by atoms with Crippen LogP contribution in [0.4, 0.5) is 18.9 Å². The number of anilines is 1. The van der Waals surface area contributed by atoms with E-state index >= 15 is 0 Å². The van der Waals surface area contributed by atoms with Crippen LogP contribution in [0.25, 0.3) is 0 Å². The lowest BCUT2D eigenvalue weighted by molar-refractivity contribution is -0.106. The van der Waals surface area contributed by atoms with Crippen LogP contribution in [0, 0.1) is 0 Å². The predicted molar refractivity (Wildman–Crippen MR) is 118 cm³/mol. The van der Waals surface area contributed by atoms with Gasteiger partial charge in [0, 0.05) is 17.3 Å². The highest BCUT2D eigenvalue weighted by Gasteiger charge is 2.38. The van der Waals surface area contributed by atoms with Gasteiger partial charge in [-0.1, -0.05) is 36.4 Å². The Bertz CT molecular complexity index is 1100. The van der Waals surface area contributed by atoms with Gasteiger partial charge < -0.3 is 0 Å². The first-order valence-electron chi connectivity index (χ1n) is 9.35. The molecule has 0 N–H and O–H groups in total. The molecule has 0 aliphatic carbocycles. The molecule has 31 heavy (non-hydrogen) atoms. The van der Waals surface area contributed by atoms with Crippen LogP contribution >= 0.6 is 11.8 Å². The van der Waals surface area contributed by atoms with Gasteiger partial charge in [-0.25, -0.2) is 8.42 Å². The summed E-state index contributed by atoms with van der Waals surface area (Å²) >= 11 is 1.63. The van der Waals surface area contributed by atoms with Gasteiger partial charge in [0.15, 0.2) is 5.75 Å². The maximum Gasteiger partial charge on any atom is 0.404 e. The highest BCUT2D eigenvalue weighted by molar-refractivity contribution is 7.98. The normalized spacial score (nSPS) is 12.0. The Morgan fingerprint density at radius 3 is 2.29 bits per heavy atom. The van der Waals surface area contributed by atoms with E-state index < -0.39 is 22.0 Å². The molecular formula is C22H21F3N2O2S2. The first kappa shape index (κ1) is 23.1. The molecule has 0 spiro atoms. The Kier molecular flexibility index (Phi) is 7.27. The van der Waals surface area contributed by atoms with Crippen LogP contribution in [0.2, 0.25) is 0 Å². The van der Waals surface area contributed by atoms with Crippen LogP contribution in [0.15, 0.2) is 78.0 Å². The van der Waals surface area contributed by atoms with Crippen molar-refractivity contribution >= 4 is 27.5 Å². The zero-order chi connectivity index (χ0) is 22.5. The molecule has 0 amide bonds. The van der Waals surface area contributed by atoms with Crippen molar-refractivity contribution in [2.45, 2.75) is 24.0 Å². The van der Waals surface area contributed by atoms with Crippen molar-refractivity contribution < 1.29 is 21.6 Å². The standard InChI is InChI=1S/C22H21F3N2O2S2/c1-30-21-7-3-2-6-19(21)13-17-8-10-20(11-9-17)27(15-18-5-4-12-26-14-18)31(28,29)16-22(23,24)25/h2-12,14H,13,15-16H2,1H3. The number of hydrogen-bond donors (Lipinski definition) is 0. The molecule has 2 aromatic carbocycles. The zero-order valence-electron chi connectivity index (χ0n) is 16.7. The summed E-state index contributed by atoms with van der Waals surface area (Å²) in [5.74, 6) is -1.93. The predicted octanol–water partition coefficient (Wildman–Crippen LogP) is 5.29. The number of rotatable bonds is 8. The van der Waals surface area contributed by atoms with E-state index in [9.17, 15) is 21.6 Å². The van der Waals surface area contributed by atoms with Crippen molar-refractivity contribution in [3.63, 3.8) is 0 Å². The number of nitrogens with zero attached hydrogens (tertiary/aromatic N) is 2. The quantitative estimate of drug-likeness (QED) is 0.423. The van der Waals surface area contributed by atoms with Gasteiger partial charge in [-0.05, 0) is 53.6 Å². The number of pyridine rings is 1. The Morgan fingerprint density at radius 1 is 0.968 bits per heavy atom. The highest BCUT2D eigenvalue weighted by atomic mass is 32.2. The largest absolute Gasteiger partial charge is 0.404 e. The van der Waals surface area contributed by atoms with E-state index in [1.807, 2.05) is 30.5 Å². The van der Waals surface area contributed by atoms with Gasteiger partial charge in [-0.3, -0.25) is 9.29 Å². The minimum Gasteiger partial charge on any atom is -0.265 e. The number of alkyl halides is 3. The van der Waals surface area contributed by atoms with E-state index in [2.05, 4.69) is 4.98 Å². The van der Waals surface area contributed by atoms with E-state index in [1.54, 1.807) is 48.2 Å². The van der Waals surface area contributed by atoms with Crippen LogP contribution in [-0.4, -0.2) is 31.6 Å². The van der Waals surface area contributed by atoms with E-state index in [4.69, 9.17) is 0 Å². The molecule has 164 valence electrons. The molecule has 3 rings (SSSR count). The van der Waals surface area contributed by atoms with Gasteiger partial charge in [-0.2, -0.15) is 13.2 Å². The summed E-state index contributed by atoms with van der Waals surface area (Å²) in [7, 11) is -4.64. The van der Waals surface area contributed by atoms with E-state index in [0.717, 1.165) is 20.3 Å². The Balaban J connectivity index is 1.90. The number of halogens is 3. The lowest BCUT2D eigenvalue weighted by atomic mass is 10.0. The van der Waals surface area contributed by atoms with Crippen LogP contribution < -0.4 is 4.31 Å². The summed E-state index contributed by atoms with van der Waals surface area (Å²) in [6, 6.07) is 17.7. The Hall–Kier alpha value is -2.52. The average Bonchev–Trinajstić information content (AvgIpc) is 2.72. The lowest BCUT2D eigenvalue weighted by Crippen LogP contribution is -2.37. The molecular weight excluding hydrogens is 445 g/mol. The van der Waals surface area contributed by atoms with E-state index in [1.165, 1.54) is 12.4 Å². The Labute approximate surface area is 184 Å². The Morgan fingerprint density at radius 2 is 1.68 bits per heavy atom.